The number of carbonyl (C=O) groups is 1. The van der Waals surface area contributed by atoms with Crippen molar-refractivity contribution in [3.05, 3.63) is 75.2 Å². The van der Waals surface area contributed by atoms with E-state index in [1.807, 2.05) is 6.92 Å². The highest BCUT2D eigenvalue weighted by atomic mass is 19.1. The van der Waals surface area contributed by atoms with Crippen LogP contribution in [-0.4, -0.2) is 30.5 Å². The van der Waals surface area contributed by atoms with Crippen LogP contribution >= 0.6 is 0 Å². The quantitative estimate of drug-likeness (QED) is 0.473. The molecule has 0 saturated heterocycles. The molecule has 1 amide bonds. The summed E-state index contributed by atoms with van der Waals surface area (Å²) in [5, 5.41) is 15.7. The van der Waals surface area contributed by atoms with Crippen LogP contribution in [0, 0.1) is 21.7 Å². The zero-order valence-corrected chi connectivity index (χ0v) is 16.0. The average molecular weight is 413 g/mol. The van der Waals surface area contributed by atoms with Crippen molar-refractivity contribution in [2.24, 2.45) is 0 Å². The highest BCUT2D eigenvalue weighted by Crippen LogP contribution is 2.28. The van der Waals surface area contributed by atoms with E-state index in [2.05, 4.69) is 10.1 Å². The van der Waals surface area contributed by atoms with Gasteiger partial charge in [0.2, 0.25) is 5.91 Å². The first-order chi connectivity index (χ1) is 14.4. The Bertz CT molecular complexity index is 1160. The summed E-state index contributed by atoms with van der Waals surface area (Å²) in [6, 6.07) is 5.45. The molecule has 3 aromatic rings. The van der Waals surface area contributed by atoms with Crippen LogP contribution in [0.15, 0.2) is 36.5 Å². The Hall–Kier alpha value is -3.69. The summed E-state index contributed by atoms with van der Waals surface area (Å²) in [5.41, 5.74) is 1.57. The maximum Gasteiger partial charge on any atom is 0.291 e. The molecule has 0 unspecified atom stereocenters. The first kappa shape index (κ1) is 19.6. The van der Waals surface area contributed by atoms with Crippen LogP contribution in [0.4, 0.5) is 14.5 Å². The predicted octanol–water partition coefficient (Wildman–Crippen LogP) is 3.24. The van der Waals surface area contributed by atoms with Gasteiger partial charge in [0.05, 0.1) is 35.5 Å². The molecule has 4 rings (SSSR count). The van der Waals surface area contributed by atoms with Crippen molar-refractivity contribution in [2.75, 3.05) is 0 Å². The molecule has 3 heterocycles. The molecule has 0 atom stereocenters. The summed E-state index contributed by atoms with van der Waals surface area (Å²) in [5.74, 6) is -1.92. The van der Waals surface area contributed by atoms with Crippen molar-refractivity contribution in [1.29, 1.82) is 0 Å². The van der Waals surface area contributed by atoms with Gasteiger partial charge in [-0.3, -0.25) is 19.6 Å². The van der Waals surface area contributed by atoms with Gasteiger partial charge in [0.25, 0.3) is 5.69 Å². The predicted molar refractivity (Wildman–Crippen MR) is 102 cm³/mol. The second-order valence-electron chi connectivity index (χ2n) is 6.90. The topological polar surface area (TPSA) is 94.2 Å². The van der Waals surface area contributed by atoms with Crippen molar-refractivity contribution in [3.8, 4) is 11.3 Å². The zero-order chi connectivity index (χ0) is 21.4. The second-order valence-corrected chi connectivity index (χ2v) is 6.90. The van der Waals surface area contributed by atoms with E-state index < -0.39 is 16.6 Å². The molecule has 1 aliphatic rings. The molecule has 8 nitrogen and oxygen atoms in total. The number of amides is 1. The van der Waals surface area contributed by atoms with Crippen LogP contribution in [0.5, 0.6) is 0 Å². The standard InChI is InChI=1S/C20H17F2N5O3/c1-2-26-19-11-25(10-12(19)9-23-26)20(28)8-17-18(27(29)30)6-5-16(24-17)14-4-3-13(21)7-15(14)22/h3-7,9H,2,8,10-11H2,1H3. The van der Waals surface area contributed by atoms with Crippen molar-refractivity contribution < 1.29 is 18.5 Å². The molecule has 2 aromatic heterocycles. The summed E-state index contributed by atoms with van der Waals surface area (Å²) < 4.78 is 29.1. The summed E-state index contributed by atoms with van der Waals surface area (Å²) in [6.07, 6.45) is 1.40. The SMILES string of the molecule is CCn1ncc2c1CN(C(=O)Cc1nc(-c3ccc(F)cc3F)ccc1[N+](=O)[O-])C2. The normalized spacial score (nSPS) is 12.8. The number of hydrogen-bond donors (Lipinski definition) is 0. The van der Waals surface area contributed by atoms with E-state index in [-0.39, 0.29) is 35.0 Å². The van der Waals surface area contributed by atoms with Gasteiger partial charge < -0.3 is 4.90 Å². The fourth-order valence-electron chi connectivity index (χ4n) is 3.55. The molecule has 0 N–H and O–H groups in total. The highest BCUT2D eigenvalue weighted by molar-refractivity contribution is 5.80. The van der Waals surface area contributed by atoms with Crippen LogP contribution in [-0.2, 0) is 30.8 Å². The van der Waals surface area contributed by atoms with Crippen LogP contribution in [0.25, 0.3) is 11.3 Å². The Labute approximate surface area is 169 Å². The lowest BCUT2D eigenvalue weighted by molar-refractivity contribution is -0.385. The van der Waals surface area contributed by atoms with Crippen LogP contribution in [0.1, 0.15) is 23.9 Å². The van der Waals surface area contributed by atoms with E-state index in [0.29, 0.717) is 25.7 Å². The van der Waals surface area contributed by atoms with Gasteiger partial charge in [0.15, 0.2) is 0 Å². The Morgan fingerprint density at radius 1 is 1.23 bits per heavy atom. The fourth-order valence-corrected chi connectivity index (χ4v) is 3.55. The smallest absolute Gasteiger partial charge is 0.291 e. The van der Waals surface area contributed by atoms with E-state index >= 15 is 0 Å². The Kier molecular flexibility index (Phi) is 4.98. The van der Waals surface area contributed by atoms with Gasteiger partial charge in [-0.05, 0) is 25.1 Å². The van der Waals surface area contributed by atoms with Gasteiger partial charge in [-0.25, -0.2) is 13.8 Å². The number of rotatable bonds is 5. The number of carbonyl (C=O) groups excluding carboxylic acids is 1. The third-order valence-electron chi connectivity index (χ3n) is 5.06. The molecule has 0 spiro atoms. The number of aryl methyl sites for hydroxylation is 1. The number of benzene rings is 1. The Morgan fingerprint density at radius 2 is 2.03 bits per heavy atom. The van der Waals surface area contributed by atoms with Crippen molar-refractivity contribution in [3.63, 3.8) is 0 Å². The van der Waals surface area contributed by atoms with Gasteiger partial charge in [0, 0.05) is 36.3 Å². The lowest BCUT2D eigenvalue weighted by atomic mass is 10.1. The molecule has 30 heavy (non-hydrogen) atoms. The maximum absolute atomic E-state index is 14.1. The van der Waals surface area contributed by atoms with Crippen LogP contribution in [0.2, 0.25) is 0 Å². The van der Waals surface area contributed by atoms with Gasteiger partial charge in [0.1, 0.15) is 17.3 Å². The van der Waals surface area contributed by atoms with E-state index in [0.717, 1.165) is 17.3 Å². The molecule has 0 fully saturated rings. The van der Waals surface area contributed by atoms with Crippen LogP contribution < -0.4 is 0 Å². The van der Waals surface area contributed by atoms with Gasteiger partial charge in [-0.15, -0.1) is 0 Å². The number of aromatic nitrogens is 3. The van der Waals surface area contributed by atoms with Crippen molar-refractivity contribution >= 4 is 11.6 Å². The lowest BCUT2D eigenvalue weighted by Crippen LogP contribution is -2.28. The fraction of sp³-hybridized carbons (Fsp3) is 0.250. The lowest BCUT2D eigenvalue weighted by Gasteiger charge is -2.16. The average Bonchev–Trinajstić information content (AvgIpc) is 3.28. The minimum absolute atomic E-state index is 0.00314. The van der Waals surface area contributed by atoms with E-state index in [4.69, 9.17) is 0 Å². The maximum atomic E-state index is 14.1. The number of pyridine rings is 1. The first-order valence-corrected chi connectivity index (χ1v) is 9.28. The molecule has 1 aromatic carbocycles. The number of halogens is 2. The number of nitro groups is 1. The molecule has 0 aliphatic carbocycles. The summed E-state index contributed by atoms with van der Waals surface area (Å²) in [7, 11) is 0. The number of hydrogen-bond acceptors (Lipinski definition) is 5. The Balaban J connectivity index is 1.62. The Morgan fingerprint density at radius 3 is 2.73 bits per heavy atom. The molecule has 1 aliphatic heterocycles. The summed E-state index contributed by atoms with van der Waals surface area (Å²) >= 11 is 0. The molecule has 0 bridgehead atoms. The summed E-state index contributed by atoms with van der Waals surface area (Å²) in [6.45, 7) is 3.36. The van der Waals surface area contributed by atoms with E-state index in [9.17, 15) is 23.7 Å². The van der Waals surface area contributed by atoms with Crippen molar-refractivity contribution in [2.45, 2.75) is 33.0 Å². The van der Waals surface area contributed by atoms with E-state index in [1.165, 1.54) is 18.2 Å². The third kappa shape index (κ3) is 3.51. The zero-order valence-electron chi connectivity index (χ0n) is 16.0. The first-order valence-electron chi connectivity index (χ1n) is 9.28. The largest absolute Gasteiger partial charge is 0.332 e. The van der Waals surface area contributed by atoms with E-state index in [1.54, 1.807) is 15.8 Å². The molecule has 0 radical (unpaired) electrons. The van der Waals surface area contributed by atoms with Gasteiger partial charge >= 0.3 is 0 Å². The van der Waals surface area contributed by atoms with Gasteiger partial charge in [-0.1, -0.05) is 0 Å². The van der Waals surface area contributed by atoms with Crippen molar-refractivity contribution in [1.82, 2.24) is 19.7 Å². The van der Waals surface area contributed by atoms with Crippen LogP contribution in [0.3, 0.4) is 0 Å². The second kappa shape index (κ2) is 7.62. The molecular formula is C20H17F2N5O3. The van der Waals surface area contributed by atoms with Gasteiger partial charge in [-0.2, -0.15) is 5.10 Å². The minimum Gasteiger partial charge on any atom is -0.332 e. The molecule has 10 heteroatoms. The number of nitrogens with zero attached hydrogens (tertiary/aromatic N) is 5. The number of fused-ring (bicyclic) bond motifs is 1. The third-order valence-corrected chi connectivity index (χ3v) is 5.06. The summed E-state index contributed by atoms with van der Waals surface area (Å²) in [4.78, 5) is 29.4. The molecule has 0 saturated carbocycles. The monoisotopic (exact) mass is 413 g/mol. The molecular weight excluding hydrogens is 396 g/mol. The highest BCUT2D eigenvalue weighted by Gasteiger charge is 2.29. The molecule has 154 valence electrons. The minimum atomic E-state index is -0.840.